The van der Waals surface area contributed by atoms with Crippen LogP contribution in [0.4, 0.5) is 5.13 Å². The molecular formula is C24H18N2O3S. The summed E-state index contributed by atoms with van der Waals surface area (Å²) in [4.78, 5) is 17.2. The Morgan fingerprint density at radius 2 is 1.53 bits per heavy atom. The fraction of sp³-hybridized carbons (Fsp3) is 0.0833. The van der Waals surface area contributed by atoms with E-state index in [0.717, 1.165) is 33.9 Å². The Morgan fingerprint density at radius 1 is 0.833 bits per heavy atom. The lowest BCUT2D eigenvalue weighted by Gasteiger charge is -2.18. The number of rotatable bonds is 4. The number of benzene rings is 3. The van der Waals surface area contributed by atoms with Crippen LogP contribution in [-0.4, -0.2) is 24.1 Å². The Morgan fingerprint density at radius 3 is 2.33 bits per heavy atom. The molecule has 0 radical (unpaired) electrons. The number of hydrogen-bond donors (Lipinski definition) is 1. The molecular weight excluding hydrogens is 396 g/mol. The molecule has 1 aromatic heterocycles. The molecule has 0 bridgehead atoms. The van der Waals surface area contributed by atoms with Gasteiger partial charge in [-0.3, -0.25) is 10.1 Å². The molecule has 0 aliphatic carbocycles. The SMILES string of the molecule is O=C(Nc1nc(-c2ccc3c(c2)OCCO3)cs1)c1ccc(-c2ccccc2)cc1. The standard InChI is InChI=1S/C24H18N2O3S/c27-23(18-8-6-17(7-9-18)16-4-2-1-3-5-16)26-24-25-20(15-30-24)19-10-11-21-22(14-19)29-13-12-28-21/h1-11,14-15H,12-13H2,(H,25,26,27). The molecule has 1 aliphatic heterocycles. The van der Waals surface area contributed by atoms with Gasteiger partial charge in [-0.1, -0.05) is 42.5 Å². The van der Waals surface area contributed by atoms with Crippen LogP contribution in [0.5, 0.6) is 11.5 Å². The summed E-state index contributed by atoms with van der Waals surface area (Å²) in [5.41, 5.74) is 4.48. The van der Waals surface area contributed by atoms with Gasteiger partial charge in [0.05, 0.1) is 5.69 Å². The van der Waals surface area contributed by atoms with Crippen LogP contribution in [0.2, 0.25) is 0 Å². The first-order valence-corrected chi connectivity index (χ1v) is 10.5. The largest absolute Gasteiger partial charge is 0.486 e. The Balaban J connectivity index is 1.30. The third-order valence-electron chi connectivity index (χ3n) is 4.82. The maximum absolute atomic E-state index is 12.6. The summed E-state index contributed by atoms with van der Waals surface area (Å²) >= 11 is 1.39. The Hall–Kier alpha value is -3.64. The number of anilines is 1. The molecule has 148 valence electrons. The smallest absolute Gasteiger partial charge is 0.257 e. The monoisotopic (exact) mass is 414 g/mol. The predicted octanol–water partition coefficient (Wildman–Crippen LogP) is 5.50. The van der Waals surface area contributed by atoms with Crippen molar-refractivity contribution in [1.82, 2.24) is 4.98 Å². The first kappa shape index (κ1) is 18.4. The molecule has 0 atom stereocenters. The van der Waals surface area contributed by atoms with Crippen molar-refractivity contribution in [2.24, 2.45) is 0 Å². The zero-order chi connectivity index (χ0) is 20.3. The Bertz CT molecular complexity index is 1190. The summed E-state index contributed by atoms with van der Waals surface area (Å²) in [5.74, 6) is 1.28. The van der Waals surface area contributed by atoms with Crippen molar-refractivity contribution < 1.29 is 14.3 Å². The number of fused-ring (bicyclic) bond motifs is 1. The minimum atomic E-state index is -0.183. The predicted molar refractivity (Wildman–Crippen MR) is 118 cm³/mol. The van der Waals surface area contributed by atoms with Gasteiger partial charge in [-0.15, -0.1) is 11.3 Å². The topological polar surface area (TPSA) is 60.5 Å². The summed E-state index contributed by atoms with van der Waals surface area (Å²) in [6.45, 7) is 1.10. The summed E-state index contributed by atoms with van der Waals surface area (Å²) in [6, 6.07) is 23.4. The van der Waals surface area contributed by atoms with E-state index in [1.165, 1.54) is 11.3 Å². The van der Waals surface area contributed by atoms with Gasteiger partial charge in [-0.05, 0) is 41.5 Å². The van der Waals surface area contributed by atoms with Crippen LogP contribution in [0.25, 0.3) is 22.4 Å². The Kier molecular flexibility index (Phi) is 4.91. The molecule has 5 nitrogen and oxygen atoms in total. The van der Waals surface area contributed by atoms with E-state index in [-0.39, 0.29) is 5.91 Å². The maximum Gasteiger partial charge on any atom is 0.257 e. The van der Waals surface area contributed by atoms with Crippen molar-refractivity contribution in [3.05, 3.63) is 83.7 Å². The number of hydrogen-bond acceptors (Lipinski definition) is 5. The number of aromatic nitrogens is 1. The van der Waals surface area contributed by atoms with Crippen molar-refractivity contribution in [2.45, 2.75) is 0 Å². The first-order chi connectivity index (χ1) is 14.8. The highest BCUT2D eigenvalue weighted by atomic mass is 32.1. The van der Waals surface area contributed by atoms with Crippen LogP contribution < -0.4 is 14.8 Å². The summed E-state index contributed by atoms with van der Waals surface area (Å²) < 4.78 is 11.2. The average Bonchev–Trinajstić information content (AvgIpc) is 3.28. The lowest BCUT2D eigenvalue weighted by Crippen LogP contribution is -2.15. The third kappa shape index (κ3) is 3.77. The maximum atomic E-state index is 12.6. The molecule has 0 spiro atoms. The number of carbonyl (C=O) groups is 1. The van der Waals surface area contributed by atoms with E-state index in [9.17, 15) is 4.79 Å². The van der Waals surface area contributed by atoms with Crippen molar-refractivity contribution in [2.75, 3.05) is 18.5 Å². The van der Waals surface area contributed by atoms with E-state index in [4.69, 9.17) is 9.47 Å². The third-order valence-corrected chi connectivity index (χ3v) is 5.57. The molecule has 6 heteroatoms. The molecule has 0 saturated heterocycles. The van der Waals surface area contributed by atoms with Crippen molar-refractivity contribution in [3.63, 3.8) is 0 Å². The van der Waals surface area contributed by atoms with Crippen LogP contribution in [0.3, 0.4) is 0 Å². The summed E-state index contributed by atoms with van der Waals surface area (Å²) in [5, 5.41) is 5.35. The van der Waals surface area contributed by atoms with Crippen LogP contribution in [0.1, 0.15) is 10.4 Å². The van der Waals surface area contributed by atoms with Crippen LogP contribution in [-0.2, 0) is 0 Å². The fourth-order valence-electron chi connectivity index (χ4n) is 3.28. The lowest BCUT2D eigenvalue weighted by atomic mass is 10.0. The molecule has 4 aromatic rings. The van der Waals surface area contributed by atoms with Crippen LogP contribution in [0.15, 0.2) is 78.2 Å². The van der Waals surface area contributed by atoms with Gasteiger partial charge >= 0.3 is 0 Å². The van der Waals surface area contributed by atoms with Gasteiger partial charge in [0.1, 0.15) is 13.2 Å². The van der Waals surface area contributed by atoms with Crippen LogP contribution >= 0.6 is 11.3 Å². The van der Waals surface area contributed by atoms with Crippen molar-refractivity contribution in [1.29, 1.82) is 0 Å². The Labute approximate surface area is 177 Å². The quantitative estimate of drug-likeness (QED) is 0.479. The van der Waals surface area contributed by atoms with E-state index in [2.05, 4.69) is 10.3 Å². The minimum Gasteiger partial charge on any atom is -0.486 e. The number of nitrogens with one attached hydrogen (secondary N) is 1. The van der Waals surface area contributed by atoms with Gasteiger partial charge in [-0.2, -0.15) is 0 Å². The van der Waals surface area contributed by atoms with Gasteiger partial charge < -0.3 is 9.47 Å². The lowest BCUT2D eigenvalue weighted by molar-refractivity contribution is 0.102. The van der Waals surface area contributed by atoms with Gasteiger partial charge in [0.15, 0.2) is 16.6 Å². The normalized spacial score (nSPS) is 12.4. The minimum absolute atomic E-state index is 0.183. The van der Waals surface area contributed by atoms with Crippen molar-refractivity contribution >= 4 is 22.4 Å². The molecule has 1 N–H and O–H groups in total. The van der Waals surface area contributed by atoms with E-state index in [0.29, 0.717) is 23.9 Å². The van der Waals surface area contributed by atoms with Gasteiger partial charge in [-0.25, -0.2) is 4.98 Å². The van der Waals surface area contributed by atoms with E-state index in [1.54, 1.807) is 0 Å². The molecule has 1 amide bonds. The van der Waals surface area contributed by atoms with Crippen LogP contribution in [0, 0.1) is 0 Å². The van der Waals surface area contributed by atoms with Gasteiger partial charge in [0, 0.05) is 16.5 Å². The number of carbonyl (C=O) groups excluding carboxylic acids is 1. The van der Waals surface area contributed by atoms with E-state index < -0.39 is 0 Å². The molecule has 0 fully saturated rings. The number of amides is 1. The van der Waals surface area contributed by atoms with E-state index in [1.807, 2.05) is 78.2 Å². The summed E-state index contributed by atoms with van der Waals surface area (Å²) in [6.07, 6.45) is 0. The molecule has 5 rings (SSSR count). The molecule has 0 saturated carbocycles. The second-order valence-corrected chi connectivity index (χ2v) is 7.65. The fourth-order valence-corrected chi connectivity index (χ4v) is 4.00. The highest BCUT2D eigenvalue weighted by Gasteiger charge is 2.15. The number of thiazole rings is 1. The molecule has 0 unspecified atom stereocenters. The molecule has 1 aliphatic rings. The molecule has 30 heavy (non-hydrogen) atoms. The first-order valence-electron chi connectivity index (χ1n) is 9.59. The van der Waals surface area contributed by atoms with Gasteiger partial charge in [0.2, 0.25) is 0 Å². The number of ether oxygens (including phenoxy) is 2. The zero-order valence-corrected chi connectivity index (χ0v) is 16.8. The second kappa shape index (κ2) is 8.00. The average molecular weight is 414 g/mol. The van der Waals surface area contributed by atoms with Crippen molar-refractivity contribution in [3.8, 4) is 33.9 Å². The van der Waals surface area contributed by atoms with Gasteiger partial charge in [0.25, 0.3) is 5.91 Å². The molecule has 3 aromatic carbocycles. The van der Waals surface area contributed by atoms with E-state index >= 15 is 0 Å². The number of nitrogens with zero attached hydrogens (tertiary/aromatic N) is 1. The highest BCUT2D eigenvalue weighted by molar-refractivity contribution is 7.14. The summed E-state index contributed by atoms with van der Waals surface area (Å²) in [7, 11) is 0. The highest BCUT2D eigenvalue weighted by Crippen LogP contribution is 2.35. The zero-order valence-electron chi connectivity index (χ0n) is 16.0. The second-order valence-electron chi connectivity index (χ2n) is 6.79. The molecule has 2 heterocycles.